The van der Waals surface area contributed by atoms with E-state index in [-0.39, 0.29) is 6.10 Å². The highest BCUT2D eigenvalue weighted by Gasteiger charge is 2.21. The van der Waals surface area contributed by atoms with E-state index in [1.165, 1.54) is 19.3 Å². The van der Waals surface area contributed by atoms with Crippen molar-refractivity contribution in [1.29, 1.82) is 0 Å². The lowest BCUT2D eigenvalue weighted by Gasteiger charge is -2.29. The molecule has 0 aromatic carbocycles. The Morgan fingerprint density at radius 1 is 1.33 bits per heavy atom. The van der Waals surface area contributed by atoms with Gasteiger partial charge in [-0.2, -0.15) is 0 Å². The highest BCUT2D eigenvalue weighted by Crippen LogP contribution is 2.23. The Balaban J connectivity index is 2.23. The molecule has 0 saturated heterocycles. The van der Waals surface area contributed by atoms with Crippen LogP contribution >= 0.6 is 0 Å². The first-order chi connectivity index (χ1) is 7.13. The second-order valence-electron chi connectivity index (χ2n) is 5.35. The Morgan fingerprint density at radius 2 is 2.07 bits per heavy atom. The minimum absolute atomic E-state index is 0.0373. The third-order valence-corrected chi connectivity index (χ3v) is 3.67. The quantitative estimate of drug-likeness (QED) is 0.735. The summed E-state index contributed by atoms with van der Waals surface area (Å²) in [5, 5.41) is 13.2. The smallest absolute Gasteiger partial charge is 0.0543 e. The van der Waals surface area contributed by atoms with Crippen LogP contribution in [0.5, 0.6) is 0 Å². The molecule has 0 aromatic heterocycles. The minimum Gasteiger partial charge on any atom is -0.393 e. The van der Waals surface area contributed by atoms with Crippen molar-refractivity contribution in [2.75, 3.05) is 6.54 Å². The third kappa shape index (κ3) is 4.52. The van der Waals surface area contributed by atoms with Crippen molar-refractivity contribution >= 4 is 0 Å². The molecule has 2 nitrogen and oxygen atoms in total. The number of rotatable bonds is 5. The van der Waals surface area contributed by atoms with E-state index in [9.17, 15) is 5.11 Å². The van der Waals surface area contributed by atoms with Gasteiger partial charge in [-0.05, 0) is 44.1 Å². The first-order valence-electron chi connectivity index (χ1n) is 6.55. The number of aliphatic hydroxyl groups excluding tert-OH is 1. The van der Waals surface area contributed by atoms with Crippen molar-refractivity contribution in [2.45, 2.75) is 65.0 Å². The number of aliphatic hydroxyl groups is 1. The van der Waals surface area contributed by atoms with E-state index < -0.39 is 0 Å². The van der Waals surface area contributed by atoms with Crippen LogP contribution in [0.1, 0.15) is 52.9 Å². The van der Waals surface area contributed by atoms with Crippen LogP contribution in [-0.2, 0) is 0 Å². The van der Waals surface area contributed by atoms with Crippen LogP contribution in [0.3, 0.4) is 0 Å². The zero-order chi connectivity index (χ0) is 11.3. The average Bonchev–Trinajstić information content (AvgIpc) is 2.18. The molecule has 3 unspecified atom stereocenters. The summed E-state index contributed by atoms with van der Waals surface area (Å²) in [6.45, 7) is 7.88. The van der Waals surface area contributed by atoms with Crippen LogP contribution in [0.15, 0.2) is 0 Å². The van der Waals surface area contributed by atoms with Gasteiger partial charge in [0.25, 0.3) is 0 Å². The Morgan fingerprint density at radius 3 is 2.60 bits per heavy atom. The van der Waals surface area contributed by atoms with Gasteiger partial charge in [-0.15, -0.1) is 0 Å². The molecule has 15 heavy (non-hydrogen) atoms. The minimum atomic E-state index is -0.0373. The van der Waals surface area contributed by atoms with Crippen molar-refractivity contribution < 1.29 is 5.11 Å². The molecule has 1 saturated carbocycles. The van der Waals surface area contributed by atoms with E-state index in [0.29, 0.717) is 17.9 Å². The van der Waals surface area contributed by atoms with Crippen LogP contribution in [0.25, 0.3) is 0 Å². The molecule has 0 bridgehead atoms. The summed E-state index contributed by atoms with van der Waals surface area (Å²) < 4.78 is 0. The fourth-order valence-electron chi connectivity index (χ4n) is 2.62. The van der Waals surface area contributed by atoms with Crippen molar-refractivity contribution in [3.8, 4) is 0 Å². The Kier molecular flexibility index (Phi) is 5.62. The van der Waals surface area contributed by atoms with E-state index in [2.05, 4.69) is 26.1 Å². The van der Waals surface area contributed by atoms with E-state index in [4.69, 9.17) is 0 Å². The summed E-state index contributed by atoms with van der Waals surface area (Å²) in [4.78, 5) is 0. The molecule has 2 N–H and O–H groups in total. The largest absolute Gasteiger partial charge is 0.393 e. The summed E-state index contributed by atoms with van der Waals surface area (Å²) in [5.74, 6) is 1.41. The molecule has 1 rings (SSSR count). The van der Waals surface area contributed by atoms with Crippen LogP contribution in [0.2, 0.25) is 0 Å². The highest BCUT2D eigenvalue weighted by molar-refractivity contribution is 4.76. The molecule has 0 radical (unpaired) electrons. The van der Waals surface area contributed by atoms with Gasteiger partial charge in [-0.1, -0.05) is 27.2 Å². The topological polar surface area (TPSA) is 32.3 Å². The normalized spacial score (nSPS) is 29.4. The van der Waals surface area contributed by atoms with Gasteiger partial charge in [-0.3, -0.25) is 0 Å². The van der Waals surface area contributed by atoms with E-state index in [0.717, 1.165) is 19.4 Å². The Bertz CT molecular complexity index is 170. The molecule has 0 spiro atoms. The molecule has 0 heterocycles. The monoisotopic (exact) mass is 213 g/mol. The van der Waals surface area contributed by atoms with Gasteiger partial charge in [0, 0.05) is 6.04 Å². The molecule has 0 aliphatic heterocycles. The zero-order valence-corrected chi connectivity index (χ0v) is 10.5. The maximum Gasteiger partial charge on any atom is 0.0543 e. The Hall–Kier alpha value is -0.0800. The van der Waals surface area contributed by atoms with Crippen molar-refractivity contribution in [1.82, 2.24) is 5.32 Å². The van der Waals surface area contributed by atoms with Gasteiger partial charge in [0.2, 0.25) is 0 Å². The fraction of sp³-hybridized carbons (Fsp3) is 1.00. The van der Waals surface area contributed by atoms with Crippen molar-refractivity contribution in [3.63, 3.8) is 0 Å². The van der Waals surface area contributed by atoms with Gasteiger partial charge < -0.3 is 10.4 Å². The van der Waals surface area contributed by atoms with Crippen LogP contribution in [-0.4, -0.2) is 23.8 Å². The summed E-state index contributed by atoms with van der Waals surface area (Å²) >= 11 is 0. The van der Waals surface area contributed by atoms with Gasteiger partial charge >= 0.3 is 0 Å². The van der Waals surface area contributed by atoms with Gasteiger partial charge in [0.15, 0.2) is 0 Å². The summed E-state index contributed by atoms with van der Waals surface area (Å²) in [6.07, 6.45) is 5.67. The van der Waals surface area contributed by atoms with Crippen LogP contribution in [0, 0.1) is 11.8 Å². The lowest BCUT2D eigenvalue weighted by Crippen LogP contribution is -2.38. The van der Waals surface area contributed by atoms with Gasteiger partial charge in [-0.25, -0.2) is 0 Å². The predicted molar refractivity (Wildman–Crippen MR) is 64.9 cm³/mol. The highest BCUT2D eigenvalue weighted by atomic mass is 16.3. The summed E-state index contributed by atoms with van der Waals surface area (Å²) in [5.41, 5.74) is 0. The lowest BCUT2D eigenvalue weighted by molar-refractivity contribution is 0.0988. The third-order valence-electron chi connectivity index (χ3n) is 3.67. The first kappa shape index (κ1) is 13.0. The maximum absolute atomic E-state index is 9.58. The SMILES string of the molecule is CCC(NCC1CCCC(O)C1)C(C)C. The van der Waals surface area contributed by atoms with Crippen molar-refractivity contribution in [3.05, 3.63) is 0 Å². The second kappa shape index (κ2) is 6.49. The summed E-state index contributed by atoms with van der Waals surface area (Å²) in [7, 11) is 0. The predicted octanol–water partition coefficient (Wildman–Crippen LogP) is 2.56. The Labute approximate surface area is 94.5 Å². The lowest BCUT2D eigenvalue weighted by atomic mass is 9.87. The maximum atomic E-state index is 9.58. The van der Waals surface area contributed by atoms with E-state index in [1.807, 2.05) is 0 Å². The van der Waals surface area contributed by atoms with E-state index >= 15 is 0 Å². The molecule has 0 aromatic rings. The molecule has 0 amide bonds. The van der Waals surface area contributed by atoms with Crippen molar-refractivity contribution in [2.24, 2.45) is 11.8 Å². The molecule has 1 fully saturated rings. The summed E-state index contributed by atoms with van der Waals surface area (Å²) in [6, 6.07) is 0.643. The van der Waals surface area contributed by atoms with Gasteiger partial charge in [0.05, 0.1) is 6.10 Å². The van der Waals surface area contributed by atoms with E-state index in [1.54, 1.807) is 0 Å². The number of hydrogen-bond acceptors (Lipinski definition) is 2. The second-order valence-corrected chi connectivity index (χ2v) is 5.35. The zero-order valence-electron chi connectivity index (χ0n) is 10.5. The molecule has 2 heteroatoms. The molecule has 1 aliphatic carbocycles. The molecular formula is C13H27NO. The molecule has 90 valence electrons. The number of hydrogen-bond donors (Lipinski definition) is 2. The van der Waals surface area contributed by atoms with Crippen LogP contribution in [0.4, 0.5) is 0 Å². The molecule has 3 atom stereocenters. The van der Waals surface area contributed by atoms with Gasteiger partial charge in [0.1, 0.15) is 0 Å². The standard InChI is InChI=1S/C13H27NO/c1-4-13(10(2)3)14-9-11-6-5-7-12(15)8-11/h10-15H,4-9H2,1-3H3. The fourth-order valence-corrected chi connectivity index (χ4v) is 2.62. The molecule has 1 aliphatic rings. The average molecular weight is 213 g/mol. The first-order valence-corrected chi connectivity index (χ1v) is 6.55. The molecular weight excluding hydrogens is 186 g/mol. The van der Waals surface area contributed by atoms with Crippen LogP contribution < -0.4 is 5.32 Å². The number of nitrogens with one attached hydrogen (secondary N) is 1.